The summed E-state index contributed by atoms with van der Waals surface area (Å²) in [5.74, 6) is 0.783. The molecule has 2 rings (SSSR count). The Hall–Kier alpha value is -0.860. The number of rotatable bonds is 6. The van der Waals surface area contributed by atoms with Gasteiger partial charge in [-0.15, -0.1) is 0 Å². The molecule has 1 aliphatic rings. The molecule has 1 aromatic rings. The van der Waals surface area contributed by atoms with Gasteiger partial charge < -0.3 is 10.5 Å². The van der Waals surface area contributed by atoms with Crippen LogP contribution in [-0.2, 0) is 11.2 Å². The molecule has 2 nitrogen and oxygen atoms in total. The first-order valence-electron chi connectivity index (χ1n) is 6.69. The van der Waals surface area contributed by atoms with E-state index in [-0.39, 0.29) is 0 Å². The van der Waals surface area contributed by atoms with Crippen molar-refractivity contribution in [1.82, 2.24) is 0 Å². The molecule has 1 aliphatic carbocycles. The zero-order chi connectivity index (χ0) is 12.1. The van der Waals surface area contributed by atoms with Gasteiger partial charge in [-0.1, -0.05) is 30.3 Å². The molecule has 0 amide bonds. The minimum atomic E-state index is 0.296. The van der Waals surface area contributed by atoms with E-state index in [2.05, 4.69) is 31.2 Å². The number of nitrogens with two attached hydrogens (primary N) is 1. The highest BCUT2D eigenvalue weighted by Gasteiger charge is 2.30. The van der Waals surface area contributed by atoms with Crippen molar-refractivity contribution >= 4 is 0 Å². The van der Waals surface area contributed by atoms with Crippen LogP contribution < -0.4 is 5.73 Å². The Balaban J connectivity index is 1.67. The summed E-state index contributed by atoms with van der Waals surface area (Å²) in [5.41, 5.74) is 7.54. The van der Waals surface area contributed by atoms with Crippen LogP contribution in [0.25, 0.3) is 0 Å². The van der Waals surface area contributed by atoms with Gasteiger partial charge in [-0.2, -0.15) is 0 Å². The van der Waals surface area contributed by atoms with Crippen molar-refractivity contribution in [2.24, 2.45) is 11.7 Å². The van der Waals surface area contributed by atoms with E-state index >= 15 is 0 Å². The van der Waals surface area contributed by atoms with Gasteiger partial charge >= 0.3 is 0 Å². The van der Waals surface area contributed by atoms with E-state index < -0.39 is 0 Å². The Morgan fingerprint density at radius 1 is 1.29 bits per heavy atom. The van der Waals surface area contributed by atoms with Crippen molar-refractivity contribution < 1.29 is 4.74 Å². The number of benzene rings is 1. The lowest BCUT2D eigenvalue weighted by Crippen LogP contribution is -2.36. The number of hydrogen-bond acceptors (Lipinski definition) is 2. The van der Waals surface area contributed by atoms with E-state index in [4.69, 9.17) is 10.5 Å². The maximum atomic E-state index is 6.19. The van der Waals surface area contributed by atoms with E-state index in [1.807, 2.05) is 6.07 Å². The third-order valence-corrected chi connectivity index (χ3v) is 3.57. The minimum absolute atomic E-state index is 0.296. The smallest absolute Gasteiger partial charge is 0.0580 e. The molecule has 1 saturated carbocycles. The Labute approximate surface area is 104 Å². The lowest BCUT2D eigenvalue weighted by molar-refractivity contribution is -0.0280. The standard InChI is InChI=1S/C15H23NO/c1-2-17-15-10-13(11-15)9-14(16)8-12-6-4-3-5-7-12/h3-7,13-15H,2,8-11,16H2,1H3. The maximum absolute atomic E-state index is 6.19. The average Bonchev–Trinajstić information content (AvgIpc) is 2.27. The average molecular weight is 233 g/mol. The number of ether oxygens (including phenoxy) is 1. The monoisotopic (exact) mass is 233 g/mol. The Kier molecular flexibility index (Phi) is 4.57. The molecule has 17 heavy (non-hydrogen) atoms. The SMILES string of the molecule is CCOC1CC(CC(N)Cc2ccccc2)C1. The summed E-state index contributed by atoms with van der Waals surface area (Å²) in [6, 6.07) is 10.8. The molecule has 0 saturated heterocycles. The Bertz CT molecular complexity index is 319. The zero-order valence-corrected chi connectivity index (χ0v) is 10.6. The highest BCUT2D eigenvalue weighted by molar-refractivity contribution is 5.15. The van der Waals surface area contributed by atoms with Gasteiger partial charge in [-0.05, 0) is 44.1 Å². The van der Waals surface area contributed by atoms with Crippen LogP contribution in [0.2, 0.25) is 0 Å². The Morgan fingerprint density at radius 2 is 2.00 bits per heavy atom. The van der Waals surface area contributed by atoms with Gasteiger partial charge in [0.1, 0.15) is 0 Å². The normalized spacial score (nSPS) is 25.3. The van der Waals surface area contributed by atoms with E-state index in [0.29, 0.717) is 12.1 Å². The Morgan fingerprint density at radius 3 is 2.65 bits per heavy atom. The summed E-state index contributed by atoms with van der Waals surface area (Å²) in [6.07, 6.45) is 5.05. The lowest BCUT2D eigenvalue weighted by Gasteiger charge is -2.36. The molecule has 0 heterocycles. The molecule has 1 fully saturated rings. The molecule has 1 atom stereocenters. The predicted octanol–water partition coefficient (Wildman–Crippen LogP) is 2.76. The first-order valence-corrected chi connectivity index (χ1v) is 6.69. The van der Waals surface area contributed by atoms with Crippen molar-refractivity contribution in [3.8, 4) is 0 Å². The van der Waals surface area contributed by atoms with Gasteiger partial charge in [0.2, 0.25) is 0 Å². The van der Waals surface area contributed by atoms with Crippen LogP contribution in [0.4, 0.5) is 0 Å². The van der Waals surface area contributed by atoms with Crippen molar-refractivity contribution in [3.63, 3.8) is 0 Å². The lowest BCUT2D eigenvalue weighted by atomic mass is 9.77. The van der Waals surface area contributed by atoms with Gasteiger partial charge in [-0.25, -0.2) is 0 Å². The van der Waals surface area contributed by atoms with Crippen LogP contribution in [-0.4, -0.2) is 18.8 Å². The molecule has 0 aromatic heterocycles. The third-order valence-electron chi connectivity index (χ3n) is 3.57. The van der Waals surface area contributed by atoms with Crippen LogP contribution in [0.5, 0.6) is 0 Å². The first-order chi connectivity index (χ1) is 8.28. The van der Waals surface area contributed by atoms with Gasteiger partial charge in [-0.3, -0.25) is 0 Å². The fourth-order valence-electron chi connectivity index (χ4n) is 2.67. The third kappa shape index (κ3) is 3.83. The fourth-order valence-corrected chi connectivity index (χ4v) is 2.67. The predicted molar refractivity (Wildman–Crippen MR) is 70.9 cm³/mol. The van der Waals surface area contributed by atoms with Crippen LogP contribution >= 0.6 is 0 Å². The quantitative estimate of drug-likeness (QED) is 0.820. The molecular formula is C15H23NO. The summed E-state index contributed by atoms with van der Waals surface area (Å²) in [5, 5.41) is 0. The van der Waals surface area contributed by atoms with Gasteiger partial charge in [0.25, 0.3) is 0 Å². The highest BCUT2D eigenvalue weighted by atomic mass is 16.5. The summed E-state index contributed by atoms with van der Waals surface area (Å²) in [7, 11) is 0. The second-order valence-electron chi connectivity index (χ2n) is 5.10. The molecule has 1 aromatic carbocycles. The van der Waals surface area contributed by atoms with Gasteiger partial charge in [0, 0.05) is 12.6 Å². The van der Waals surface area contributed by atoms with Crippen LogP contribution in [0.3, 0.4) is 0 Å². The van der Waals surface area contributed by atoms with E-state index in [1.54, 1.807) is 0 Å². The molecule has 0 bridgehead atoms. The second kappa shape index (κ2) is 6.18. The van der Waals surface area contributed by atoms with Gasteiger partial charge in [0.05, 0.1) is 6.10 Å². The molecule has 1 unspecified atom stereocenters. The largest absolute Gasteiger partial charge is 0.378 e. The van der Waals surface area contributed by atoms with Crippen LogP contribution in [0.15, 0.2) is 30.3 Å². The molecule has 0 aliphatic heterocycles. The summed E-state index contributed by atoms with van der Waals surface area (Å²) >= 11 is 0. The highest BCUT2D eigenvalue weighted by Crippen LogP contribution is 2.33. The molecule has 94 valence electrons. The fraction of sp³-hybridized carbons (Fsp3) is 0.600. The molecule has 2 heteroatoms. The van der Waals surface area contributed by atoms with Gasteiger partial charge in [0.15, 0.2) is 0 Å². The van der Waals surface area contributed by atoms with Crippen molar-refractivity contribution in [3.05, 3.63) is 35.9 Å². The van der Waals surface area contributed by atoms with Crippen molar-refractivity contribution in [2.75, 3.05) is 6.61 Å². The topological polar surface area (TPSA) is 35.2 Å². The zero-order valence-electron chi connectivity index (χ0n) is 10.6. The number of hydrogen-bond donors (Lipinski definition) is 1. The van der Waals surface area contributed by atoms with Crippen LogP contribution in [0.1, 0.15) is 31.7 Å². The van der Waals surface area contributed by atoms with Crippen molar-refractivity contribution in [1.29, 1.82) is 0 Å². The van der Waals surface area contributed by atoms with Crippen LogP contribution in [0, 0.1) is 5.92 Å². The summed E-state index contributed by atoms with van der Waals surface area (Å²) in [6.45, 7) is 2.90. The first kappa shape index (κ1) is 12.6. The van der Waals surface area contributed by atoms with Crippen molar-refractivity contribution in [2.45, 2.75) is 44.8 Å². The van der Waals surface area contributed by atoms with E-state index in [1.165, 1.54) is 18.4 Å². The molecule has 2 N–H and O–H groups in total. The van der Waals surface area contributed by atoms with E-state index in [9.17, 15) is 0 Å². The van der Waals surface area contributed by atoms with E-state index in [0.717, 1.165) is 25.4 Å². The molecular weight excluding hydrogens is 210 g/mol. The second-order valence-corrected chi connectivity index (χ2v) is 5.10. The summed E-state index contributed by atoms with van der Waals surface area (Å²) in [4.78, 5) is 0. The molecule has 0 radical (unpaired) electrons. The maximum Gasteiger partial charge on any atom is 0.0580 e. The minimum Gasteiger partial charge on any atom is -0.378 e. The molecule has 0 spiro atoms. The summed E-state index contributed by atoms with van der Waals surface area (Å²) < 4.78 is 5.57.